The van der Waals surface area contributed by atoms with E-state index in [1.54, 1.807) is 11.8 Å². The second-order valence-corrected chi connectivity index (χ2v) is 6.31. The number of non-ortho nitro benzene ring substituents is 1. The number of nitro groups is 1. The van der Waals surface area contributed by atoms with E-state index in [2.05, 4.69) is 0 Å². The topological polar surface area (TPSA) is 66.7 Å². The molecule has 6 nitrogen and oxygen atoms in total. The van der Waals surface area contributed by atoms with Gasteiger partial charge in [0.25, 0.3) is 11.6 Å². The van der Waals surface area contributed by atoms with Gasteiger partial charge in [-0.15, -0.1) is 0 Å². The van der Waals surface area contributed by atoms with Gasteiger partial charge in [0.2, 0.25) is 0 Å². The Bertz CT molecular complexity index is 907. The molecule has 0 spiro atoms. The van der Waals surface area contributed by atoms with Crippen LogP contribution in [0.1, 0.15) is 17.3 Å². The Morgan fingerprint density at radius 3 is 2.44 bits per heavy atom. The van der Waals surface area contributed by atoms with Crippen molar-refractivity contribution < 1.29 is 22.9 Å². The molecule has 9 heteroatoms. The first-order valence-corrected chi connectivity index (χ1v) is 8.23. The number of hydrogen-bond acceptors (Lipinski definition) is 4. The van der Waals surface area contributed by atoms with Gasteiger partial charge < -0.3 is 9.80 Å². The molecule has 3 rings (SSSR count). The van der Waals surface area contributed by atoms with Gasteiger partial charge in [-0.1, -0.05) is 0 Å². The highest BCUT2D eigenvalue weighted by atomic mass is 19.1. The third-order valence-electron chi connectivity index (χ3n) is 4.53. The normalized spacial score (nSPS) is 17.1. The number of hydrogen-bond donors (Lipinski definition) is 0. The molecule has 0 radical (unpaired) electrons. The van der Waals surface area contributed by atoms with Gasteiger partial charge in [0, 0.05) is 37.8 Å². The van der Waals surface area contributed by atoms with E-state index in [9.17, 15) is 28.1 Å². The monoisotopic (exact) mass is 379 g/mol. The average Bonchev–Trinajstić information content (AvgIpc) is 2.61. The van der Waals surface area contributed by atoms with Gasteiger partial charge in [-0.05, 0) is 25.1 Å². The Balaban J connectivity index is 1.76. The minimum absolute atomic E-state index is 0.201. The highest BCUT2D eigenvalue weighted by Crippen LogP contribution is 2.27. The fraction of sp³-hybridized carbons (Fsp3) is 0.278. The van der Waals surface area contributed by atoms with Crippen LogP contribution in [0.25, 0.3) is 0 Å². The average molecular weight is 379 g/mol. The Labute approximate surface area is 153 Å². The number of carbonyl (C=O) groups is 1. The molecule has 0 aromatic heterocycles. The molecule has 142 valence electrons. The zero-order valence-electron chi connectivity index (χ0n) is 14.4. The number of halogens is 3. The molecule has 1 amide bonds. The molecular weight excluding hydrogens is 363 g/mol. The number of rotatable bonds is 3. The van der Waals surface area contributed by atoms with Crippen LogP contribution in [-0.2, 0) is 0 Å². The van der Waals surface area contributed by atoms with E-state index in [-0.39, 0.29) is 42.6 Å². The fourth-order valence-electron chi connectivity index (χ4n) is 3.16. The largest absolute Gasteiger partial charge is 0.365 e. The molecule has 1 unspecified atom stereocenters. The van der Waals surface area contributed by atoms with E-state index in [0.717, 1.165) is 18.2 Å². The van der Waals surface area contributed by atoms with E-state index >= 15 is 0 Å². The number of amides is 1. The summed E-state index contributed by atoms with van der Waals surface area (Å²) in [5.74, 6) is -2.99. The highest BCUT2D eigenvalue weighted by molar-refractivity contribution is 5.94. The summed E-state index contributed by atoms with van der Waals surface area (Å²) >= 11 is 0. The molecule has 0 saturated carbocycles. The van der Waals surface area contributed by atoms with Crippen LogP contribution < -0.4 is 4.90 Å². The summed E-state index contributed by atoms with van der Waals surface area (Å²) in [6, 6.07) is 5.80. The molecule has 1 saturated heterocycles. The van der Waals surface area contributed by atoms with Crippen LogP contribution in [0.5, 0.6) is 0 Å². The summed E-state index contributed by atoms with van der Waals surface area (Å²) in [6.07, 6.45) is 0. The molecule has 1 aliphatic heterocycles. The number of benzene rings is 2. The van der Waals surface area contributed by atoms with Crippen molar-refractivity contribution >= 4 is 17.3 Å². The molecule has 0 aliphatic carbocycles. The number of nitrogens with zero attached hydrogens (tertiary/aromatic N) is 3. The maximum Gasteiger partial charge on any atom is 0.272 e. The van der Waals surface area contributed by atoms with Crippen molar-refractivity contribution in [1.82, 2.24) is 4.90 Å². The van der Waals surface area contributed by atoms with E-state index in [4.69, 9.17) is 0 Å². The molecular formula is C18H16F3N3O3. The number of nitro benzene ring substituents is 1. The Morgan fingerprint density at radius 1 is 1.11 bits per heavy atom. The van der Waals surface area contributed by atoms with Gasteiger partial charge >= 0.3 is 0 Å². The molecule has 0 N–H and O–H groups in total. The van der Waals surface area contributed by atoms with Crippen molar-refractivity contribution in [2.24, 2.45) is 0 Å². The predicted octanol–water partition coefficient (Wildman–Crippen LogP) is 3.36. The third kappa shape index (κ3) is 3.71. The van der Waals surface area contributed by atoms with Crippen molar-refractivity contribution in [2.45, 2.75) is 13.0 Å². The maximum atomic E-state index is 14.2. The highest BCUT2D eigenvalue weighted by Gasteiger charge is 2.30. The smallest absolute Gasteiger partial charge is 0.272 e. The van der Waals surface area contributed by atoms with Crippen molar-refractivity contribution in [1.29, 1.82) is 0 Å². The molecule has 1 atom stereocenters. The van der Waals surface area contributed by atoms with Crippen LogP contribution in [0.3, 0.4) is 0 Å². The van der Waals surface area contributed by atoms with Gasteiger partial charge in [0.05, 0.1) is 22.2 Å². The van der Waals surface area contributed by atoms with E-state index in [1.807, 2.05) is 0 Å². The lowest BCUT2D eigenvalue weighted by atomic mass is 10.1. The van der Waals surface area contributed by atoms with Crippen molar-refractivity contribution in [2.75, 3.05) is 24.5 Å². The molecule has 2 aromatic carbocycles. The van der Waals surface area contributed by atoms with E-state index in [0.29, 0.717) is 6.07 Å². The van der Waals surface area contributed by atoms with Gasteiger partial charge in [0.15, 0.2) is 5.82 Å². The first-order valence-electron chi connectivity index (χ1n) is 8.23. The van der Waals surface area contributed by atoms with Crippen molar-refractivity contribution in [3.63, 3.8) is 0 Å². The molecule has 27 heavy (non-hydrogen) atoms. The molecule has 1 heterocycles. The summed E-state index contributed by atoms with van der Waals surface area (Å²) in [5, 5.41) is 10.7. The summed E-state index contributed by atoms with van der Waals surface area (Å²) < 4.78 is 41.1. The Kier molecular flexibility index (Phi) is 5.02. The van der Waals surface area contributed by atoms with E-state index < -0.39 is 28.3 Å². The second kappa shape index (κ2) is 7.26. The minimum Gasteiger partial charge on any atom is -0.365 e. The molecule has 0 bridgehead atoms. The lowest BCUT2D eigenvalue weighted by molar-refractivity contribution is -0.385. The third-order valence-corrected chi connectivity index (χ3v) is 4.53. The quantitative estimate of drug-likeness (QED) is 0.606. The second-order valence-electron chi connectivity index (χ2n) is 6.31. The van der Waals surface area contributed by atoms with Gasteiger partial charge in [0.1, 0.15) is 11.6 Å². The number of piperazine rings is 1. The number of anilines is 1. The van der Waals surface area contributed by atoms with Crippen molar-refractivity contribution in [3.05, 3.63) is 69.5 Å². The maximum absolute atomic E-state index is 14.2. The van der Waals surface area contributed by atoms with Gasteiger partial charge in [-0.25, -0.2) is 13.2 Å². The minimum atomic E-state index is -0.934. The van der Waals surface area contributed by atoms with Gasteiger partial charge in [-0.3, -0.25) is 14.9 Å². The SMILES string of the molecule is CC1CN(c2ccc([N+](=O)[O-])cc2F)CCN1C(=O)c1ccc(F)cc1F. The summed E-state index contributed by atoms with van der Waals surface area (Å²) in [6.45, 7) is 2.47. The lowest BCUT2D eigenvalue weighted by Gasteiger charge is -2.41. The summed E-state index contributed by atoms with van der Waals surface area (Å²) in [5.41, 5.74) is -0.365. The number of carbonyl (C=O) groups excluding carboxylic acids is 1. The summed E-state index contributed by atoms with van der Waals surface area (Å²) in [7, 11) is 0. The molecule has 2 aromatic rings. The molecule has 1 aliphatic rings. The van der Waals surface area contributed by atoms with Crippen LogP contribution in [0.4, 0.5) is 24.5 Å². The Morgan fingerprint density at radius 2 is 1.85 bits per heavy atom. The standard InChI is InChI=1S/C18H16F3N3O3/c1-11-10-22(17-5-3-13(24(26)27)9-16(17)21)6-7-23(11)18(25)14-4-2-12(19)8-15(14)20/h2-5,8-9,11H,6-7,10H2,1H3. The Hall–Kier alpha value is -3.10. The van der Waals surface area contributed by atoms with Crippen LogP contribution >= 0.6 is 0 Å². The van der Waals surface area contributed by atoms with Crippen molar-refractivity contribution in [3.8, 4) is 0 Å². The summed E-state index contributed by atoms with van der Waals surface area (Å²) in [4.78, 5) is 25.7. The molecule has 1 fully saturated rings. The zero-order chi connectivity index (χ0) is 19.7. The first-order chi connectivity index (χ1) is 12.8. The van der Waals surface area contributed by atoms with Crippen LogP contribution in [0.2, 0.25) is 0 Å². The predicted molar refractivity (Wildman–Crippen MR) is 92.1 cm³/mol. The van der Waals surface area contributed by atoms with Crippen LogP contribution in [-0.4, -0.2) is 41.4 Å². The van der Waals surface area contributed by atoms with E-state index in [1.165, 1.54) is 17.0 Å². The fourth-order valence-corrected chi connectivity index (χ4v) is 3.16. The van der Waals surface area contributed by atoms with Crippen LogP contribution in [0, 0.1) is 27.6 Å². The lowest BCUT2D eigenvalue weighted by Crippen LogP contribution is -2.54. The van der Waals surface area contributed by atoms with Gasteiger partial charge in [-0.2, -0.15) is 0 Å². The zero-order valence-corrected chi connectivity index (χ0v) is 14.4. The van der Waals surface area contributed by atoms with Crippen LogP contribution in [0.15, 0.2) is 36.4 Å². The first kappa shape index (κ1) is 18.7.